The van der Waals surface area contributed by atoms with Crippen LogP contribution in [0.4, 0.5) is 5.69 Å². The minimum Gasteiger partial charge on any atom is -0.492 e. The minimum atomic E-state index is -0.247. The molecule has 156 valence electrons. The largest absolute Gasteiger partial charge is 0.492 e. The van der Waals surface area contributed by atoms with E-state index in [9.17, 15) is 4.79 Å². The zero-order chi connectivity index (χ0) is 20.9. The normalized spacial score (nSPS) is 15.4. The summed E-state index contributed by atoms with van der Waals surface area (Å²) in [6.07, 6.45) is 4.24. The summed E-state index contributed by atoms with van der Waals surface area (Å²) in [5, 5.41) is 9.87. The lowest BCUT2D eigenvalue weighted by Gasteiger charge is -2.25. The lowest BCUT2D eigenvalue weighted by molar-refractivity contribution is -0.121. The predicted molar refractivity (Wildman–Crippen MR) is 116 cm³/mol. The monoisotopic (exact) mass is 406 g/mol. The third-order valence-electron chi connectivity index (χ3n) is 5.12. The topological polar surface area (TPSA) is 79.5 Å². The fourth-order valence-electron chi connectivity index (χ4n) is 3.40. The van der Waals surface area contributed by atoms with Crippen molar-refractivity contribution in [2.24, 2.45) is 5.92 Å². The van der Waals surface area contributed by atoms with Gasteiger partial charge in [-0.2, -0.15) is 5.10 Å². The number of para-hydroxylation sites is 1. The number of nitrogens with zero attached hydrogens (tertiary/aromatic N) is 2. The number of carbonyl (C=O) groups excluding carboxylic acids is 1. The number of likely N-dealkylation sites (N-methyl/N-ethyl adjacent to an activating group) is 1. The van der Waals surface area contributed by atoms with E-state index >= 15 is 0 Å². The molecule has 0 fully saturated rings. The van der Waals surface area contributed by atoms with Gasteiger partial charge in [0, 0.05) is 18.3 Å². The standard InChI is InChI=1S/C23H26N4O3/c1-27(2)9-10-29-22-12-16(19-13-24-25-14-19)7-8-20(22)26-23(28)18-11-17-5-3-4-6-21(17)30-15-18/h3-8,12-14,18H,9-11,15H2,1-2H3,(H,24,25)(H,26,28). The third-order valence-corrected chi connectivity index (χ3v) is 5.12. The van der Waals surface area contributed by atoms with Crippen molar-refractivity contribution in [2.75, 3.05) is 39.2 Å². The second-order valence-corrected chi connectivity index (χ2v) is 7.66. The number of anilines is 1. The predicted octanol–water partition coefficient (Wildman–Crippen LogP) is 3.21. The van der Waals surface area contributed by atoms with E-state index in [1.807, 2.05) is 62.8 Å². The lowest BCUT2D eigenvalue weighted by Crippen LogP contribution is -2.32. The van der Waals surface area contributed by atoms with Gasteiger partial charge < -0.3 is 19.7 Å². The Kier molecular flexibility index (Phi) is 5.99. The van der Waals surface area contributed by atoms with Crippen molar-refractivity contribution in [2.45, 2.75) is 6.42 Å². The van der Waals surface area contributed by atoms with Crippen LogP contribution in [-0.4, -0.2) is 54.9 Å². The number of aromatic nitrogens is 2. The number of carbonyl (C=O) groups is 1. The van der Waals surface area contributed by atoms with E-state index in [0.717, 1.165) is 29.0 Å². The molecule has 0 saturated carbocycles. The molecule has 1 amide bonds. The Hall–Kier alpha value is -3.32. The number of ether oxygens (including phenoxy) is 2. The molecular formula is C23H26N4O3. The summed E-state index contributed by atoms with van der Waals surface area (Å²) in [4.78, 5) is 15.0. The van der Waals surface area contributed by atoms with Crippen LogP contribution in [-0.2, 0) is 11.2 Å². The minimum absolute atomic E-state index is 0.0713. The summed E-state index contributed by atoms with van der Waals surface area (Å²) >= 11 is 0. The number of fused-ring (bicyclic) bond motifs is 1. The van der Waals surface area contributed by atoms with Crippen molar-refractivity contribution in [1.82, 2.24) is 15.1 Å². The zero-order valence-corrected chi connectivity index (χ0v) is 17.2. The van der Waals surface area contributed by atoms with Crippen LogP contribution in [0.2, 0.25) is 0 Å². The third kappa shape index (κ3) is 4.63. The van der Waals surface area contributed by atoms with E-state index in [4.69, 9.17) is 9.47 Å². The van der Waals surface area contributed by atoms with Crippen LogP contribution in [0.1, 0.15) is 5.56 Å². The molecule has 7 nitrogen and oxygen atoms in total. The van der Waals surface area contributed by atoms with Crippen molar-refractivity contribution >= 4 is 11.6 Å². The van der Waals surface area contributed by atoms with Gasteiger partial charge in [-0.15, -0.1) is 0 Å². The highest BCUT2D eigenvalue weighted by atomic mass is 16.5. The van der Waals surface area contributed by atoms with Gasteiger partial charge in [0.15, 0.2) is 0 Å². The summed E-state index contributed by atoms with van der Waals surface area (Å²) in [6.45, 7) is 1.66. The fourth-order valence-corrected chi connectivity index (χ4v) is 3.40. The van der Waals surface area contributed by atoms with E-state index in [1.54, 1.807) is 6.20 Å². The van der Waals surface area contributed by atoms with Gasteiger partial charge in [-0.1, -0.05) is 24.3 Å². The van der Waals surface area contributed by atoms with Gasteiger partial charge in [0.1, 0.15) is 24.7 Å². The molecule has 0 spiro atoms. The first-order valence-corrected chi connectivity index (χ1v) is 10.0. The molecule has 1 aliphatic heterocycles. The van der Waals surface area contributed by atoms with Gasteiger partial charge in [-0.3, -0.25) is 9.89 Å². The molecule has 2 N–H and O–H groups in total. The summed E-state index contributed by atoms with van der Waals surface area (Å²) in [6, 6.07) is 13.6. The SMILES string of the molecule is CN(C)CCOc1cc(-c2cn[nH]c2)ccc1NC(=O)C1COc2ccccc2C1. The molecule has 0 saturated heterocycles. The van der Waals surface area contributed by atoms with Crippen molar-refractivity contribution in [3.8, 4) is 22.6 Å². The molecular weight excluding hydrogens is 380 g/mol. The maximum Gasteiger partial charge on any atom is 0.231 e. The molecule has 0 radical (unpaired) electrons. The summed E-state index contributed by atoms with van der Waals surface area (Å²) < 4.78 is 11.8. The quantitative estimate of drug-likeness (QED) is 0.630. The second kappa shape index (κ2) is 9.00. The molecule has 0 aliphatic carbocycles. The molecule has 3 aromatic rings. The molecule has 7 heteroatoms. The van der Waals surface area contributed by atoms with Gasteiger partial charge in [-0.25, -0.2) is 0 Å². The van der Waals surface area contributed by atoms with Crippen LogP contribution in [0, 0.1) is 5.92 Å². The number of rotatable bonds is 7. The van der Waals surface area contributed by atoms with Crippen molar-refractivity contribution in [1.29, 1.82) is 0 Å². The molecule has 4 rings (SSSR count). The van der Waals surface area contributed by atoms with Crippen molar-refractivity contribution in [3.05, 3.63) is 60.4 Å². The highest BCUT2D eigenvalue weighted by Crippen LogP contribution is 2.32. The van der Waals surface area contributed by atoms with Gasteiger partial charge in [0.05, 0.1) is 17.8 Å². The number of hydrogen-bond donors (Lipinski definition) is 2. The highest BCUT2D eigenvalue weighted by Gasteiger charge is 2.26. The van der Waals surface area contributed by atoms with E-state index in [1.165, 1.54) is 0 Å². The van der Waals surface area contributed by atoms with Crippen LogP contribution in [0.3, 0.4) is 0 Å². The van der Waals surface area contributed by atoms with Crippen molar-refractivity contribution < 1.29 is 14.3 Å². The van der Waals surface area contributed by atoms with Crippen molar-refractivity contribution in [3.63, 3.8) is 0 Å². The van der Waals surface area contributed by atoms with E-state index in [-0.39, 0.29) is 11.8 Å². The smallest absolute Gasteiger partial charge is 0.231 e. The van der Waals surface area contributed by atoms with Gasteiger partial charge in [0.25, 0.3) is 0 Å². The maximum absolute atomic E-state index is 13.0. The fraction of sp³-hybridized carbons (Fsp3) is 0.304. The number of benzene rings is 2. The Balaban J connectivity index is 1.51. The molecule has 2 heterocycles. The Morgan fingerprint density at radius 2 is 2.13 bits per heavy atom. The Labute approximate surface area is 176 Å². The van der Waals surface area contributed by atoms with Crippen LogP contribution >= 0.6 is 0 Å². The molecule has 1 unspecified atom stereocenters. The molecule has 0 bridgehead atoms. The van der Waals surface area contributed by atoms with Gasteiger partial charge >= 0.3 is 0 Å². The molecule has 30 heavy (non-hydrogen) atoms. The van der Waals surface area contributed by atoms with Crippen LogP contribution in [0.15, 0.2) is 54.9 Å². The number of amides is 1. The maximum atomic E-state index is 13.0. The Morgan fingerprint density at radius 1 is 1.27 bits per heavy atom. The van der Waals surface area contributed by atoms with Gasteiger partial charge in [0.2, 0.25) is 5.91 Å². The average Bonchev–Trinajstić information content (AvgIpc) is 3.29. The zero-order valence-electron chi connectivity index (χ0n) is 17.2. The molecule has 1 aliphatic rings. The van der Waals surface area contributed by atoms with Crippen LogP contribution < -0.4 is 14.8 Å². The molecule has 1 aromatic heterocycles. The second-order valence-electron chi connectivity index (χ2n) is 7.66. The molecule has 2 aromatic carbocycles. The summed E-state index contributed by atoms with van der Waals surface area (Å²) in [7, 11) is 3.99. The highest BCUT2D eigenvalue weighted by molar-refractivity contribution is 5.95. The summed E-state index contributed by atoms with van der Waals surface area (Å²) in [5.41, 5.74) is 3.64. The first kappa shape index (κ1) is 20.0. The number of H-pyrrole nitrogens is 1. The first-order chi connectivity index (χ1) is 14.6. The first-order valence-electron chi connectivity index (χ1n) is 10.0. The van der Waals surface area contributed by atoms with Crippen LogP contribution in [0.5, 0.6) is 11.5 Å². The number of aromatic amines is 1. The number of nitrogens with one attached hydrogen (secondary N) is 2. The Morgan fingerprint density at radius 3 is 2.93 bits per heavy atom. The Bertz CT molecular complexity index is 1000. The van der Waals surface area contributed by atoms with E-state index in [2.05, 4.69) is 20.4 Å². The summed E-state index contributed by atoms with van der Waals surface area (Å²) in [5.74, 6) is 1.18. The van der Waals surface area contributed by atoms with Gasteiger partial charge in [-0.05, 0) is 49.8 Å². The average molecular weight is 406 g/mol. The van der Waals surface area contributed by atoms with E-state index < -0.39 is 0 Å². The van der Waals surface area contributed by atoms with E-state index in [0.29, 0.717) is 31.1 Å². The van der Waals surface area contributed by atoms with Crippen LogP contribution in [0.25, 0.3) is 11.1 Å². The number of hydrogen-bond acceptors (Lipinski definition) is 5. The molecule has 1 atom stereocenters. The lowest BCUT2D eigenvalue weighted by atomic mass is 9.96.